The molecular weight excluding hydrogens is 821 g/mol. The van der Waals surface area contributed by atoms with E-state index in [9.17, 15) is 4.39 Å². The van der Waals surface area contributed by atoms with E-state index in [0.717, 1.165) is 44.4 Å². The molecule has 0 radical (unpaired) electrons. The maximum Gasteiger partial charge on any atom is 2.00 e. The van der Waals surface area contributed by atoms with Crippen LogP contribution in [0.4, 0.5) is 4.39 Å². The molecule has 0 saturated carbocycles. The van der Waals surface area contributed by atoms with E-state index in [1.54, 1.807) is 6.07 Å². The number of aromatic nitrogens is 3. The molecule has 2 aliphatic carbocycles. The summed E-state index contributed by atoms with van der Waals surface area (Å²) in [6, 6.07) is 49.6. The van der Waals surface area contributed by atoms with Gasteiger partial charge in [0, 0.05) is 10.9 Å². The number of fused-ring (bicyclic) bond motifs is 13. The van der Waals surface area contributed by atoms with Crippen molar-refractivity contribution in [1.82, 2.24) is 14.5 Å². The second-order valence-electron chi connectivity index (χ2n) is 14.5. The van der Waals surface area contributed by atoms with Gasteiger partial charge in [0.15, 0.2) is 0 Å². The second kappa shape index (κ2) is 11.9. The quantitative estimate of drug-likeness (QED) is 0.130. The van der Waals surface area contributed by atoms with Crippen LogP contribution in [-0.4, -0.2) is 14.5 Å². The van der Waals surface area contributed by atoms with E-state index in [0.29, 0.717) is 17.5 Å². The summed E-state index contributed by atoms with van der Waals surface area (Å²) in [6.45, 7) is 9.06. The number of halogens is 1. The molecule has 0 aliphatic heterocycles. The smallest absolute Gasteiger partial charge is 0.313 e. The molecule has 1 spiro atoms. The van der Waals surface area contributed by atoms with Gasteiger partial charge in [0.05, 0.1) is 0 Å². The zero-order chi connectivity index (χ0) is 34.6. The van der Waals surface area contributed by atoms with Crippen LogP contribution in [0.15, 0.2) is 121 Å². The summed E-state index contributed by atoms with van der Waals surface area (Å²) in [5.74, 6) is 1.13. The Morgan fingerprint density at radius 1 is 0.654 bits per heavy atom. The summed E-state index contributed by atoms with van der Waals surface area (Å²) in [7, 11) is 0. The van der Waals surface area contributed by atoms with Gasteiger partial charge in [-0.05, 0) is 85.7 Å². The Kier molecular flexibility index (Phi) is 7.51. The minimum Gasteiger partial charge on any atom is -0.313 e. The van der Waals surface area contributed by atoms with Gasteiger partial charge in [0.25, 0.3) is 0 Å². The number of pyridine rings is 2. The molecule has 52 heavy (non-hydrogen) atoms. The van der Waals surface area contributed by atoms with Gasteiger partial charge in [-0.2, -0.15) is 4.39 Å². The van der Waals surface area contributed by atoms with Crippen molar-refractivity contribution in [1.29, 1.82) is 0 Å². The summed E-state index contributed by atoms with van der Waals surface area (Å²) in [6.07, 6.45) is 0. The molecule has 0 saturated heterocycles. The maximum atomic E-state index is 14.2. The fraction of sp³-hybridized carbons (Fsp3) is 0.149. The third-order valence-corrected chi connectivity index (χ3v) is 11.1. The molecule has 0 fully saturated rings. The molecule has 0 amide bonds. The predicted molar refractivity (Wildman–Crippen MR) is 204 cm³/mol. The molecule has 10 rings (SSSR count). The summed E-state index contributed by atoms with van der Waals surface area (Å²) < 4.78 is 16.4. The molecule has 0 atom stereocenters. The number of benzene rings is 5. The van der Waals surface area contributed by atoms with Gasteiger partial charge < -0.3 is 4.57 Å². The average molecular weight is 855 g/mol. The third kappa shape index (κ3) is 4.47. The second-order valence-corrected chi connectivity index (χ2v) is 14.5. The number of nitrogens with zero attached hydrogens (tertiary/aromatic N) is 3. The van der Waals surface area contributed by atoms with Gasteiger partial charge >= 0.3 is 21.1 Å². The molecule has 3 nitrogen and oxygen atoms in total. The molecule has 0 bridgehead atoms. The van der Waals surface area contributed by atoms with Gasteiger partial charge in [-0.15, -0.1) is 59.2 Å². The van der Waals surface area contributed by atoms with Crippen molar-refractivity contribution in [3.63, 3.8) is 0 Å². The van der Waals surface area contributed by atoms with E-state index < -0.39 is 11.4 Å². The Morgan fingerprint density at radius 3 is 2.08 bits per heavy atom. The van der Waals surface area contributed by atoms with E-state index in [1.165, 1.54) is 50.6 Å². The van der Waals surface area contributed by atoms with Crippen molar-refractivity contribution >= 4 is 21.8 Å². The van der Waals surface area contributed by atoms with Gasteiger partial charge in [-0.1, -0.05) is 111 Å². The molecule has 0 unspecified atom stereocenters. The van der Waals surface area contributed by atoms with Crippen molar-refractivity contribution in [3.8, 4) is 39.5 Å². The molecule has 3 aromatic heterocycles. The van der Waals surface area contributed by atoms with Crippen LogP contribution in [0.25, 0.3) is 61.3 Å². The van der Waals surface area contributed by atoms with Crippen molar-refractivity contribution in [2.75, 3.05) is 0 Å². The standard InChI is InChI=1S/C47H34FN3.Pt/c1-27(2)29-17-20-38-35(24-29)36-25-30(28(3)4)18-21-39(36)47(38)37-12-7-5-11-34(37)46-40(47)22-23-45(50-46)51-42-14-8-6-10-32(42)33-19-16-31(26-43(33)51)41-13-9-15-44(48)49-41;/h5-10,12-25,27-28H,1-4H3;/q-2;+2. The van der Waals surface area contributed by atoms with Crippen LogP contribution >= 0.6 is 0 Å². The number of hydrogen-bond acceptors (Lipinski definition) is 2. The topological polar surface area (TPSA) is 30.7 Å². The minimum absolute atomic E-state index is 0. The van der Waals surface area contributed by atoms with Crippen molar-refractivity contribution < 1.29 is 25.5 Å². The SMILES string of the molecule is CC(C)c1ccc2c(c1)-c1cc(C(C)C)ccc1C21c2ccc[c-]c2-c2nc(-n3c4[c-]c(-c5cccc(F)n5)ccc4c4ccccc43)ccc21.[Pt+2]. The maximum absolute atomic E-state index is 14.2. The molecule has 3 heterocycles. The number of para-hydroxylation sites is 1. The van der Waals surface area contributed by atoms with Crippen molar-refractivity contribution in [2.24, 2.45) is 0 Å². The van der Waals surface area contributed by atoms with E-state index in [4.69, 9.17) is 4.98 Å². The molecule has 8 aromatic rings. The van der Waals surface area contributed by atoms with Gasteiger partial charge in [-0.3, -0.25) is 9.97 Å². The Morgan fingerprint density at radius 2 is 1.37 bits per heavy atom. The van der Waals surface area contributed by atoms with Crippen molar-refractivity contribution in [2.45, 2.75) is 44.9 Å². The van der Waals surface area contributed by atoms with Crippen LogP contribution in [0.5, 0.6) is 0 Å². The number of rotatable bonds is 4. The summed E-state index contributed by atoms with van der Waals surface area (Å²) >= 11 is 0. The van der Waals surface area contributed by atoms with Crippen LogP contribution in [0, 0.1) is 18.1 Å². The first-order valence-corrected chi connectivity index (χ1v) is 17.8. The van der Waals surface area contributed by atoms with Crippen LogP contribution in [-0.2, 0) is 26.5 Å². The summed E-state index contributed by atoms with van der Waals surface area (Å²) in [4.78, 5) is 9.71. The first-order chi connectivity index (χ1) is 24.8. The molecule has 5 heteroatoms. The zero-order valence-electron chi connectivity index (χ0n) is 29.2. The van der Waals surface area contributed by atoms with Gasteiger partial charge in [-0.25, -0.2) is 0 Å². The first kappa shape index (κ1) is 32.7. The van der Waals surface area contributed by atoms with E-state index in [1.807, 2.05) is 18.2 Å². The van der Waals surface area contributed by atoms with Crippen molar-refractivity contribution in [3.05, 3.63) is 173 Å². The monoisotopic (exact) mass is 854 g/mol. The predicted octanol–water partition coefficient (Wildman–Crippen LogP) is 11.6. The van der Waals surface area contributed by atoms with E-state index in [2.05, 4.69) is 140 Å². The normalized spacial score (nSPS) is 13.4. The molecule has 5 aromatic carbocycles. The fourth-order valence-corrected chi connectivity index (χ4v) is 8.66. The largest absolute Gasteiger partial charge is 2.00 e. The Bertz CT molecular complexity index is 2680. The van der Waals surface area contributed by atoms with E-state index >= 15 is 0 Å². The van der Waals surface area contributed by atoms with Crippen LogP contribution in [0.3, 0.4) is 0 Å². The third-order valence-electron chi connectivity index (χ3n) is 11.1. The Hall–Kier alpha value is -5.18. The van der Waals surface area contributed by atoms with E-state index in [-0.39, 0.29) is 21.1 Å². The van der Waals surface area contributed by atoms with Crippen LogP contribution in [0.1, 0.15) is 72.9 Å². The molecule has 0 N–H and O–H groups in total. The number of hydrogen-bond donors (Lipinski definition) is 0. The first-order valence-electron chi connectivity index (χ1n) is 17.8. The molecule has 2 aliphatic rings. The Balaban J connectivity index is 0.00000360. The Labute approximate surface area is 317 Å². The zero-order valence-corrected chi connectivity index (χ0v) is 31.5. The molecular formula is C47H34FN3Pt. The fourth-order valence-electron chi connectivity index (χ4n) is 8.66. The average Bonchev–Trinajstić information content (AvgIpc) is 3.75. The van der Waals surface area contributed by atoms with Gasteiger partial charge in [0.2, 0.25) is 5.95 Å². The van der Waals surface area contributed by atoms with Crippen LogP contribution in [0.2, 0.25) is 0 Å². The van der Waals surface area contributed by atoms with Crippen LogP contribution < -0.4 is 0 Å². The minimum atomic E-state index is -0.512. The van der Waals surface area contributed by atoms with Gasteiger partial charge in [0.1, 0.15) is 5.82 Å². The summed E-state index contributed by atoms with van der Waals surface area (Å²) in [5.41, 5.74) is 14.9. The summed E-state index contributed by atoms with van der Waals surface area (Å²) in [5, 5.41) is 2.16. The molecule has 254 valence electrons.